The molecule has 6 nitrogen and oxygen atoms in total. The molecule has 110 valence electrons. The van der Waals surface area contributed by atoms with Gasteiger partial charge in [-0.1, -0.05) is 13.8 Å². The van der Waals surface area contributed by atoms with Crippen LogP contribution in [0, 0.1) is 0 Å². The maximum Gasteiger partial charge on any atom is 0.274 e. The van der Waals surface area contributed by atoms with Gasteiger partial charge in [-0.05, 0) is 13.8 Å². The number of nitrogens with zero attached hydrogens (tertiary/aromatic N) is 3. The lowest BCUT2D eigenvalue weighted by Gasteiger charge is -2.38. The summed E-state index contributed by atoms with van der Waals surface area (Å²) in [6, 6.07) is 0. The Bertz CT molecular complexity index is 514. The summed E-state index contributed by atoms with van der Waals surface area (Å²) in [6.45, 7) is 9.52. The second kappa shape index (κ2) is 5.36. The Morgan fingerprint density at radius 3 is 2.80 bits per heavy atom. The smallest absolute Gasteiger partial charge is 0.274 e. The van der Waals surface area contributed by atoms with E-state index >= 15 is 0 Å². The zero-order valence-electron chi connectivity index (χ0n) is 12.5. The van der Waals surface area contributed by atoms with Crippen LogP contribution in [0.2, 0.25) is 0 Å². The van der Waals surface area contributed by atoms with Crippen molar-refractivity contribution in [2.75, 3.05) is 25.4 Å². The van der Waals surface area contributed by atoms with E-state index in [1.54, 1.807) is 4.90 Å². The predicted molar refractivity (Wildman–Crippen MR) is 76.5 cm³/mol. The van der Waals surface area contributed by atoms with Gasteiger partial charge < -0.3 is 15.4 Å². The van der Waals surface area contributed by atoms with Gasteiger partial charge in [-0.3, -0.25) is 4.79 Å². The van der Waals surface area contributed by atoms with Gasteiger partial charge in [0, 0.05) is 19.0 Å². The monoisotopic (exact) mass is 278 g/mol. The highest BCUT2D eigenvalue weighted by Gasteiger charge is 2.31. The first-order valence-corrected chi connectivity index (χ1v) is 6.86. The molecule has 0 atom stereocenters. The van der Waals surface area contributed by atoms with E-state index in [1.807, 2.05) is 27.7 Å². The summed E-state index contributed by atoms with van der Waals surface area (Å²) in [5.41, 5.74) is 6.14. The molecule has 1 saturated heterocycles. The number of amides is 1. The van der Waals surface area contributed by atoms with Crippen molar-refractivity contribution in [1.29, 1.82) is 0 Å². The topological polar surface area (TPSA) is 81.3 Å². The lowest BCUT2D eigenvalue weighted by Crippen LogP contribution is -2.50. The van der Waals surface area contributed by atoms with Gasteiger partial charge in [-0.15, -0.1) is 0 Å². The molecule has 0 aliphatic carbocycles. The van der Waals surface area contributed by atoms with E-state index in [1.165, 1.54) is 6.20 Å². The van der Waals surface area contributed by atoms with Crippen LogP contribution in [0.1, 0.15) is 49.9 Å². The number of nitrogens with two attached hydrogens (primary N) is 1. The van der Waals surface area contributed by atoms with Gasteiger partial charge in [0.25, 0.3) is 5.91 Å². The van der Waals surface area contributed by atoms with Crippen molar-refractivity contribution in [3.63, 3.8) is 0 Å². The minimum absolute atomic E-state index is 0.150. The molecule has 2 N–H and O–H groups in total. The molecule has 0 spiro atoms. The molecule has 0 bridgehead atoms. The van der Waals surface area contributed by atoms with Crippen molar-refractivity contribution in [3.05, 3.63) is 17.7 Å². The van der Waals surface area contributed by atoms with E-state index in [9.17, 15) is 4.79 Å². The van der Waals surface area contributed by atoms with Crippen LogP contribution in [0.5, 0.6) is 0 Å². The van der Waals surface area contributed by atoms with Crippen LogP contribution < -0.4 is 5.73 Å². The summed E-state index contributed by atoms with van der Waals surface area (Å²) in [5, 5.41) is 0. The lowest BCUT2D eigenvalue weighted by atomic mass is 10.1. The number of carbonyl (C=O) groups is 1. The number of anilines is 1. The highest BCUT2D eigenvalue weighted by molar-refractivity contribution is 5.97. The molecule has 1 fully saturated rings. The molecule has 0 saturated carbocycles. The van der Waals surface area contributed by atoms with E-state index < -0.39 is 0 Å². The third-order valence-corrected chi connectivity index (χ3v) is 3.27. The Labute approximate surface area is 119 Å². The van der Waals surface area contributed by atoms with Crippen LogP contribution in [0.4, 0.5) is 5.69 Å². The third kappa shape index (κ3) is 3.07. The highest BCUT2D eigenvalue weighted by atomic mass is 16.5. The average molecular weight is 278 g/mol. The Morgan fingerprint density at radius 1 is 1.50 bits per heavy atom. The molecular formula is C14H22N4O2. The Balaban J connectivity index is 2.26. The van der Waals surface area contributed by atoms with Crippen LogP contribution in [0.3, 0.4) is 0 Å². The number of hydrogen-bond donors (Lipinski definition) is 1. The Morgan fingerprint density at radius 2 is 2.20 bits per heavy atom. The molecule has 0 radical (unpaired) electrons. The van der Waals surface area contributed by atoms with E-state index in [0.717, 1.165) is 0 Å². The maximum atomic E-state index is 12.6. The van der Waals surface area contributed by atoms with Crippen LogP contribution in [0.15, 0.2) is 6.20 Å². The molecular weight excluding hydrogens is 256 g/mol. The summed E-state index contributed by atoms with van der Waals surface area (Å²) in [7, 11) is 0. The van der Waals surface area contributed by atoms with E-state index in [-0.39, 0.29) is 17.4 Å². The summed E-state index contributed by atoms with van der Waals surface area (Å²) in [5.74, 6) is 0.640. The van der Waals surface area contributed by atoms with Crippen molar-refractivity contribution in [2.45, 2.75) is 39.2 Å². The fourth-order valence-corrected chi connectivity index (χ4v) is 2.19. The number of hydrogen-bond acceptors (Lipinski definition) is 5. The predicted octanol–water partition coefficient (Wildman–Crippen LogP) is 1.43. The minimum atomic E-state index is -0.337. The van der Waals surface area contributed by atoms with Gasteiger partial charge in [0.15, 0.2) is 5.69 Å². The van der Waals surface area contributed by atoms with Crippen molar-refractivity contribution in [1.82, 2.24) is 14.9 Å². The molecule has 20 heavy (non-hydrogen) atoms. The second-order valence-electron chi connectivity index (χ2n) is 6.02. The summed E-state index contributed by atoms with van der Waals surface area (Å²) < 4.78 is 5.62. The fraction of sp³-hybridized carbons (Fsp3) is 0.643. The molecule has 1 aromatic rings. The standard InChI is InChI=1S/C14H22N4O2/c1-9(2)12-16-7-10(15)11(17-12)13(19)18-5-6-20-14(3,4)8-18/h7,9H,5-6,8,15H2,1-4H3. The summed E-state index contributed by atoms with van der Waals surface area (Å²) in [6.07, 6.45) is 1.52. The normalized spacial score (nSPS) is 18.4. The highest BCUT2D eigenvalue weighted by Crippen LogP contribution is 2.20. The molecule has 6 heteroatoms. The van der Waals surface area contributed by atoms with Crippen LogP contribution in [-0.2, 0) is 4.74 Å². The average Bonchev–Trinajstić information content (AvgIpc) is 2.37. The van der Waals surface area contributed by atoms with Crippen LogP contribution in [0.25, 0.3) is 0 Å². The van der Waals surface area contributed by atoms with Gasteiger partial charge in [0.1, 0.15) is 5.82 Å². The molecule has 0 aromatic carbocycles. The van der Waals surface area contributed by atoms with Crippen molar-refractivity contribution in [3.8, 4) is 0 Å². The van der Waals surface area contributed by atoms with Crippen molar-refractivity contribution < 1.29 is 9.53 Å². The SMILES string of the molecule is CC(C)c1ncc(N)c(C(=O)N2CCOC(C)(C)C2)n1. The lowest BCUT2D eigenvalue weighted by molar-refractivity contribution is -0.0764. The Hall–Kier alpha value is -1.69. The van der Waals surface area contributed by atoms with Gasteiger partial charge in [-0.2, -0.15) is 0 Å². The number of ether oxygens (including phenoxy) is 1. The number of nitrogen functional groups attached to an aromatic ring is 1. The van der Waals surface area contributed by atoms with Gasteiger partial charge >= 0.3 is 0 Å². The van der Waals surface area contributed by atoms with Crippen LogP contribution >= 0.6 is 0 Å². The van der Waals surface area contributed by atoms with E-state index in [2.05, 4.69) is 9.97 Å². The maximum absolute atomic E-state index is 12.6. The minimum Gasteiger partial charge on any atom is -0.396 e. The first-order valence-electron chi connectivity index (χ1n) is 6.86. The molecule has 2 rings (SSSR count). The first kappa shape index (κ1) is 14.7. The Kier molecular flexibility index (Phi) is 3.94. The van der Waals surface area contributed by atoms with Crippen molar-refractivity contribution >= 4 is 11.6 Å². The van der Waals surface area contributed by atoms with Gasteiger partial charge in [0.05, 0.1) is 24.1 Å². The zero-order valence-corrected chi connectivity index (χ0v) is 12.5. The van der Waals surface area contributed by atoms with E-state index in [4.69, 9.17) is 10.5 Å². The molecule has 1 aliphatic rings. The number of morpholine rings is 1. The van der Waals surface area contributed by atoms with Gasteiger partial charge in [0.2, 0.25) is 0 Å². The fourth-order valence-electron chi connectivity index (χ4n) is 2.19. The number of rotatable bonds is 2. The van der Waals surface area contributed by atoms with Crippen LogP contribution in [-0.4, -0.2) is 46.1 Å². The van der Waals surface area contributed by atoms with Gasteiger partial charge in [-0.25, -0.2) is 9.97 Å². The molecule has 1 aromatic heterocycles. The largest absolute Gasteiger partial charge is 0.396 e. The number of carbonyl (C=O) groups excluding carboxylic acids is 1. The number of aromatic nitrogens is 2. The quantitative estimate of drug-likeness (QED) is 0.885. The van der Waals surface area contributed by atoms with Crippen molar-refractivity contribution in [2.24, 2.45) is 0 Å². The van der Waals surface area contributed by atoms with E-state index in [0.29, 0.717) is 36.9 Å². The summed E-state index contributed by atoms with van der Waals surface area (Å²) >= 11 is 0. The molecule has 1 amide bonds. The molecule has 1 aliphatic heterocycles. The second-order valence-corrected chi connectivity index (χ2v) is 6.02. The molecule has 2 heterocycles. The molecule has 0 unspecified atom stereocenters. The summed E-state index contributed by atoms with van der Waals surface area (Å²) in [4.78, 5) is 22.8. The first-order chi connectivity index (χ1) is 9.30. The third-order valence-electron chi connectivity index (χ3n) is 3.27. The zero-order chi connectivity index (χ0) is 14.9.